The number of benzene rings is 2. The molecule has 0 fully saturated rings. The number of hydrogen-bond acceptors (Lipinski definition) is 4. The molecule has 0 amide bonds. The first kappa shape index (κ1) is 20.0. The van der Waals surface area contributed by atoms with E-state index < -0.39 is 0 Å². The van der Waals surface area contributed by atoms with Gasteiger partial charge < -0.3 is 20.9 Å². The molecule has 4 N–H and O–H groups in total. The van der Waals surface area contributed by atoms with Crippen LogP contribution in [0.15, 0.2) is 48.5 Å². The van der Waals surface area contributed by atoms with Gasteiger partial charge in [-0.05, 0) is 74.2 Å². The molecular weight excluding hydrogens is 324 g/mol. The van der Waals surface area contributed by atoms with Crippen LogP contribution in [0.2, 0.25) is 0 Å². The van der Waals surface area contributed by atoms with Gasteiger partial charge in [-0.15, -0.1) is 0 Å². The molecule has 0 heterocycles. The fourth-order valence-corrected chi connectivity index (χ4v) is 2.86. The largest absolute Gasteiger partial charge is 0.494 e. The predicted octanol–water partition coefficient (Wildman–Crippen LogP) is 5.43. The van der Waals surface area contributed by atoms with Crippen LogP contribution in [0.3, 0.4) is 0 Å². The molecule has 0 aliphatic rings. The maximum absolute atomic E-state index is 6.19. The fourth-order valence-electron chi connectivity index (χ4n) is 2.86. The van der Waals surface area contributed by atoms with Gasteiger partial charge in [0.05, 0.1) is 12.7 Å². The first-order valence-corrected chi connectivity index (χ1v) is 9.68. The van der Waals surface area contributed by atoms with E-state index in [0.717, 1.165) is 42.1 Å². The maximum Gasteiger partial charge on any atom is 0.119 e. The molecule has 4 heteroatoms. The Morgan fingerprint density at radius 3 is 1.92 bits per heavy atom. The topological polar surface area (TPSA) is 70.5 Å². The average Bonchev–Trinajstić information content (AvgIpc) is 2.65. The lowest BCUT2D eigenvalue weighted by Gasteiger charge is -2.19. The van der Waals surface area contributed by atoms with Crippen LogP contribution < -0.4 is 20.9 Å². The van der Waals surface area contributed by atoms with Gasteiger partial charge in [0, 0.05) is 11.4 Å². The molecule has 1 unspecified atom stereocenters. The highest BCUT2D eigenvalue weighted by Crippen LogP contribution is 2.20. The summed E-state index contributed by atoms with van der Waals surface area (Å²) in [6.07, 6.45) is 8.22. The lowest BCUT2D eigenvalue weighted by atomic mass is 10.1. The second-order valence-electron chi connectivity index (χ2n) is 6.72. The minimum atomic E-state index is 0.213. The summed E-state index contributed by atoms with van der Waals surface area (Å²) in [5.74, 6) is 1.75. The fraction of sp³-hybridized carbons (Fsp3) is 0.455. The molecule has 0 aliphatic carbocycles. The van der Waals surface area contributed by atoms with Crippen molar-refractivity contribution in [3.8, 4) is 11.5 Å². The van der Waals surface area contributed by atoms with Crippen LogP contribution in [-0.4, -0.2) is 12.7 Å². The molecule has 4 nitrogen and oxygen atoms in total. The van der Waals surface area contributed by atoms with Crippen LogP contribution in [0, 0.1) is 0 Å². The van der Waals surface area contributed by atoms with Crippen molar-refractivity contribution in [2.75, 3.05) is 18.1 Å². The highest BCUT2D eigenvalue weighted by atomic mass is 16.5. The summed E-state index contributed by atoms with van der Waals surface area (Å²) in [5.41, 5.74) is 13.0. The van der Waals surface area contributed by atoms with Crippen molar-refractivity contribution in [2.24, 2.45) is 0 Å². The van der Waals surface area contributed by atoms with Gasteiger partial charge in [-0.25, -0.2) is 0 Å². The van der Waals surface area contributed by atoms with Crippen molar-refractivity contribution in [3.05, 3.63) is 48.5 Å². The Labute approximate surface area is 157 Å². The van der Waals surface area contributed by atoms with Crippen molar-refractivity contribution < 1.29 is 9.47 Å². The van der Waals surface area contributed by atoms with E-state index in [1.165, 1.54) is 25.7 Å². The molecule has 0 radical (unpaired) electrons. The van der Waals surface area contributed by atoms with Crippen LogP contribution in [0.1, 0.15) is 51.9 Å². The number of ether oxygens (including phenoxy) is 2. The third kappa shape index (κ3) is 7.68. The molecule has 0 aliphatic heterocycles. The molecule has 0 saturated carbocycles. The number of hydrogen-bond donors (Lipinski definition) is 2. The molecule has 0 aromatic heterocycles. The Balaban J connectivity index is 1.78. The average molecular weight is 357 g/mol. The summed E-state index contributed by atoms with van der Waals surface area (Å²) in [5, 5.41) is 0. The quantitative estimate of drug-likeness (QED) is 0.393. The molecule has 26 heavy (non-hydrogen) atoms. The Kier molecular flexibility index (Phi) is 8.67. The highest BCUT2D eigenvalue weighted by Gasteiger charge is 2.11. The Bertz CT molecular complexity index is 611. The SMILES string of the molecule is CCCCCCC(CCCOc1ccc(N)cc1)Oc1ccc(N)cc1. The van der Waals surface area contributed by atoms with Crippen molar-refractivity contribution in [3.63, 3.8) is 0 Å². The third-order valence-electron chi connectivity index (χ3n) is 4.38. The van der Waals surface area contributed by atoms with E-state index >= 15 is 0 Å². The molecule has 2 aromatic rings. The molecule has 142 valence electrons. The van der Waals surface area contributed by atoms with E-state index in [0.29, 0.717) is 6.61 Å². The predicted molar refractivity (Wildman–Crippen MR) is 110 cm³/mol. The van der Waals surface area contributed by atoms with Crippen molar-refractivity contribution in [1.29, 1.82) is 0 Å². The second-order valence-corrected chi connectivity index (χ2v) is 6.72. The Hall–Kier alpha value is -2.36. The van der Waals surface area contributed by atoms with Crippen LogP contribution in [-0.2, 0) is 0 Å². The van der Waals surface area contributed by atoms with E-state index in [9.17, 15) is 0 Å². The molecule has 0 saturated heterocycles. The van der Waals surface area contributed by atoms with Gasteiger partial charge in [0.25, 0.3) is 0 Å². The summed E-state index contributed by atoms with van der Waals surface area (Å²) >= 11 is 0. The van der Waals surface area contributed by atoms with Crippen molar-refractivity contribution in [2.45, 2.75) is 58.0 Å². The minimum Gasteiger partial charge on any atom is -0.494 e. The number of anilines is 2. The van der Waals surface area contributed by atoms with Crippen LogP contribution in [0.5, 0.6) is 11.5 Å². The maximum atomic E-state index is 6.19. The Morgan fingerprint density at radius 1 is 0.731 bits per heavy atom. The second kappa shape index (κ2) is 11.3. The van der Waals surface area contributed by atoms with E-state index in [1.54, 1.807) is 0 Å². The van der Waals surface area contributed by atoms with Gasteiger partial charge in [0.15, 0.2) is 0 Å². The molecule has 2 rings (SSSR count). The normalized spacial score (nSPS) is 11.9. The summed E-state index contributed by atoms with van der Waals surface area (Å²) in [7, 11) is 0. The number of nitrogens with two attached hydrogens (primary N) is 2. The van der Waals surface area contributed by atoms with Crippen LogP contribution in [0.4, 0.5) is 11.4 Å². The molecule has 2 aromatic carbocycles. The van der Waals surface area contributed by atoms with E-state index in [1.807, 2.05) is 48.5 Å². The van der Waals surface area contributed by atoms with Crippen LogP contribution >= 0.6 is 0 Å². The van der Waals surface area contributed by atoms with Gasteiger partial charge in [-0.2, -0.15) is 0 Å². The van der Waals surface area contributed by atoms with Gasteiger partial charge in [0.1, 0.15) is 11.5 Å². The van der Waals surface area contributed by atoms with Gasteiger partial charge in [-0.3, -0.25) is 0 Å². The molecule has 0 spiro atoms. The third-order valence-corrected chi connectivity index (χ3v) is 4.38. The smallest absolute Gasteiger partial charge is 0.119 e. The number of unbranched alkanes of at least 4 members (excludes halogenated alkanes) is 3. The zero-order valence-corrected chi connectivity index (χ0v) is 15.8. The molecule has 0 bridgehead atoms. The molecular formula is C22H32N2O2. The summed E-state index contributed by atoms with van der Waals surface area (Å²) in [6.45, 7) is 2.91. The van der Waals surface area contributed by atoms with Crippen molar-refractivity contribution in [1.82, 2.24) is 0 Å². The van der Waals surface area contributed by atoms with Crippen molar-refractivity contribution >= 4 is 11.4 Å². The van der Waals surface area contributed by atoms with Gasteiger partial charge >= 0.3 is 0 Å². The first-order chi connectivity index (χ1) is 12.7. The van der Waals surface area contributed by atoms with Crippen LogP contribution in [0.25, 0.3) is 0 Å². The first-order valence-electron chi connectivity index (χ1n) is 9.68. The van der Waals surface area contributed by atoms with E-state index in [2.05, 4.69) is 6.92 Å². The number of rotatable bonds is 12. The lowest BCUT2D eigenvalue weighted by molar-refractivity contribution is 0.164. The van der Waals surface area contributed by atoms with E-state index in [-0.39, 0.29) is 6.10 Å². The van der Waals surface area contributed by atoms with Gasteiger partial charge in [0.2, 0.25) is 0 Å². The summed E-state index contributed by atoms with van der Waals surface area (Å²) < 4.78 is 12.0. The highest BCUT2D eigenvalue weighted by molar-refractivity contribution is 5.42. The summed E-state index contributed by atoms with van der Waals surface area (Å²) in [6, 6.07) is 15.2. The zero-order chi connectivity index (χ0) is 18.6. The monoisotopic (exact) mass is 356 g/mol. The zero-order valence-electron chi connectivity index (χ0n) is 15.8. The summed E-state index contributed by atoms with van der Waals surface area (Å²) in [4.78, 5) is 0. The minimum absolute atomic E-state index is 0.213. The van der Waals surface area contributed by atoms with E-state index in [4.69, 9.17) is 20.9 Å². The standard InChI is InChI=1S/C22H32N2O2/c1-2-3-4-5-7-21(26-22-15-11-19(24)12-16-22)8-6-17-25-20-13-9-18(23)10-14-20/h9-16,21H,2-8,17,23-24H2,1H3. The van der Waals surface area contributed by atoms with Gasteiger partial charge in [-0.1, -0.05) is 26.2 Å². The number of nitrogen functional groups attached to an aromatic ring is 2. The molecule has 1 atom stereocenters. The lowest BCUT2D eigenvalue weighted by Crippen LogP contribution is -2.18. The Morgan fingerprint density at radius 2 is 1.31 bits per heavy atom.